The van der Waals surface area contributed by atoms with Gasteiger partial charge in [0, 0.05) is 32.5 Å². The Hall–Kier alpha value is -1.03. The van der Waals surface area contributed by atoms with Crippen molar-refractivity contribution >= 4 is 5.97 Å². The van der Waals surface area contributed by atoms with E-state index in [1.54, 1.807) is 7.11 Å². The Labute approximate surface area is 83.9 Å². The number of carbonyl (C=O) groups is 1. The van der Waals surface area contributed by atoms with Crippen molar-refractivity contribution in [3.8, 4) is 0 Å². The number of rotatable bonds is 7. The molecule has 4 heteroatoms. The average molecular weight is 199 g/mol. The van der Waals surface area contributed by atoms with Crippen molar-refractivity contribution in [2.45, 2.75) is 19.3 Å². The molecule has 0 aromatic heterocycles. The first kappa shape index (κ1) is 11.0. The molecular weight excluding hydrogens is 182 g/mol. The van der Waals surface area contributed by atoms with Gasteiger partial charge in [-0.2, -0.15) is 0 Å². The summed E-state index contributed by atoms with van der Waals surface area (Å²) in [5, 5.41) is 11.4. The van der Waals surface area contributed by atoms with E-state index in [9.17, 15) is 4.79 Å². The molecule has 0 unspecified atom stereocenters. The van der Waals surface area contributed by atoms with Gasteiger partial charge in [-0.1, -0.05) is 0 Å². The SMILES string of the molecule is COCCC1(CN/C=C/C(=O)O)CC1. The molecule has 4 nitrogen and oxygen atoms in total. The van der Waals surface area contributed by atoms with Crippen LogP contribution in [0.15, 0.2) is 12.3 Å². The monoisotopic (exact) mass is 199 g/mol. The number of nitrogens with one attached hydrogen (secondary N) is 1. The molecule has 0 radical (unpaired) electrons. The fraction of sp³-hybridized carbons (Fsp3) is 0.700. The number of aliphatic carboxylic acids is 1. The highest BCUT2D eigenvalue weighted by Crippen LogP contribution is 2.48. The molecule has 0 bridgehead atoms. The summed E-state index contributed by atoms with van der Waals surface area (Å²) in [6.45, 7) is 1.63. The zero-order valence-electron chi connectivity index (χ0n) is 8.45. The molecule has 0 heterocycles. The maximum Gasteiger partial charge on any atom is 0.329 e. The van der Waals surface area contributed by atoms with Crippen LogP contribution in [0.3, 0.4) is 0 Å². The van der Waals surface area contributed by atoms with Crippen molar-refractivity contribution in [1.29, 1.82) is 0 Å². The van der Waals surface area contributed by atoms with E-state index in [0.717, 1.165) is 25.6 Å². The van der Waals surface area contributed by atoms with Gasteiger partial charge in [-0.15, -0.1) is 0 Å². The minimum absolute atomic E-state index is 0.360. The summed E-state index contributed by atoms with van der Waals surface area (Å²) in [5.41, 5.74) is 0.360. The normalized spacial score (nSPS) is 18.4. The molecular formula is C10H17NO3. The van der Waals surface area contributed by atoms with E-state index in [1.165, 1.54) is 19.0 Å². The van der Waals surface area contributed by atoms with Crippen LogP contribution < -0.4 is 5.32 Å². The summed E-state index contributed by atoms with van der Waals surface area (Å²) >= 11 is 0. The van der Waals surface area contributed by atoms with E-state index >= 15 is 0 Å². The van der Waals surface area contributed by atoms with Crippen LogP contribution >= 0.6 is 0 Å². The predicted molar refractivity (Wildman–Crippen MR) is 52.9 cm³/mol. The number of hydrogen-bond donors (Lipinski definition) is 2. The molecule has 1 saturated carbocycles. The summed E-state index contributed by atoms with van der Waals surface area (Å²) in [5.74, 6) is -0.917. The number of carboxylic acids is 1. The van der Waals surface area contributed by atoms with Gasteiger partial charge in [0.2, 0.25) is 0 Å². The third kappa shape index (κ3) is 3.79. The zero-order valence-corrected chi connectivity index (χ0v) is 8.45. The Balaban J connectivity index is 2.14. The molecule has 0 saturated heterocycles. The minimum atomic E-state index is -0.917. The first-order chi connectivity index (χ1) is 6.68. The van der Waals surface area contributed by atoms with Crippen LogP contribution in [-0.2, 0) is 9.53 Å². The van der Waals surface area contributed by atoms with Crippen LogP contribution in [-0.4, -0.2) is 31.3 Å². The summed E-state index contributed by atoms with van der Waals surface area (Å²) in [7, 11) is 1.70. The summed E-state index contributed by atoms with van der Waals surface area (Å²) in [6.07, 6.45) is 6.09. The first-order valence-corrected chi connectivity index (χ1v) is 4.80. The maximum absolute atomic E-state index is 10.2. The summed E-state index contributed by atoms with van der Waals surface area (Å²) in [6, 6.07) is 0. The van der Waals surface area contributed by atoms with E-state index < -0.39 is 5.97 Å². The van der Waals surface area contributed by atoms with Gasteiger partial charge in [-0.05, 0) is 24.7 Å². The van der Waals surface area contributed by atoms with Gasteiger partial charge in [-0.25, -0.2) is 4.79 Å². The van der Waals surface area contributed by atoms with Gasteiger partial charge in [-0.3, -0.25) is 0 Å². The van der Waals surface area contributed by atoms with Gasteiger partial charge in [0.25, 0.3) is 0 Å². The third-order valence-electron chi connectivity index (χ3n) is 2.61. The van der Waals surface area contributed by atoms with Crippen LogP contribution in [0.4, 0.5) is 0 Å². The van der Waals surface area contributed by atoms with Crippen LogP contribution in [0.1, 0.15) is 19.3 Å². The molecule has 1 aliphatic carbocycles. The lowest BCUT2D eigenvalue weighted by atomic mass is 10.0. The highest BCUT2D eigenvalue weighted by Gasteiger charge is 2.41. The molecule has 0 aliphatic heterocycles. The number of hydrogen-bond acceptors (Lipinski definition) is 3. The van der Waals surface area contributed by atoms with Crippen molar-refractivity contribution < 1.29 is 14.6 Å². The number of ether oxygens (including phenoxy) is 1. The van der Waals surface area contributed by atoms with Crippen molar-refractivity contribution in [3.05, 3.63) is 12.3 Å². The molecule has 0 aromatic rings. The topological polar surface area (TPSA) is 58.6 Å². The molecule has 0 aromatic carbocycles. The maximum atomic E-state index is 10.2. The van der Waals surface area contributed by atoms with E-state index in [1.807, 2.05) is 0 Å². The first-order valence-electron chi connectivity index (χ1n) is 4.80. The van der Waals surface area contributed by atoms with Gasteiger partial charge in [0.15, 0.2) is 0 Å². The fourth-order valence-corrected chi connectivity index (χ4v) is 1.42. The second-order valence-electron chi connectivity index (χ2n) is 3.80. The van der Waals surface area contributed by atoms with Gasteiger partial charge >= 0.3 is 5.97 Å². The fourth-order valence-electron chi connectivity index (χ4n) is 1.42. The van der Waals surface area contributed by atoms with Gasteiger partial charge in [0.1, 0.15) is 0 Å². The molecule has 80 valence electrons. The largest absolute Gasteiger partial charge is 0.478 e. The Bertz CT molecular complexity index is 221. The summed E-state index contributed by atoms with van der Waals surface area (Å²) < 4.78 is 5.02. The molecule has 1 fully saturated rings. The molecule has 1 aliphatic rings. The second-order valence-corrected chi connectivity index (χ2v) is 3.80. The third-order valence-corrected chi connectivity index (χ3v) is 2.61. The quantitative estimate of drug-likeness (QED) is 0.600. The summed E-state index contributed by atoms with van der Waals surface area (Å²) in [4.78, 5) is 10.2. The number of carboxylic acid groups (broad SMARTS) is 1. The number of methoxy groups -OCH3 is 1. The highest BCUT2D eigenvalue weighted by atomic mass is 16.5. The smallest absolute Gasteiger partial charge is 0.329 e. The Kier molecular flexibility index (Phi) is 3.95. The highest BCUT2D eigenvalue weighted by molar-refractivity contribution is 5.79. The molecule has 0 spiro atoms. The lowest BCUT2D eigenvalue weighted by molar-refractivity contribution is -0.131. The van der Waals surface area contributed by atoms with Gasteiger partial charge in [0.05, 0.1) is 0 Å². The molecule has 14 heavy (non-hydrogen) atoms. The zero-order chi connectivity index (χ0) is 10.4. The van der Waals surface area contributed by atoms with Crippen LogP contribution in [0.25, 0.3) is 0 Å². The average Bonchev–Trinajstić information content (AvgIpc) is 2.90. The Morgan fingerprint density at radius 3 is 2.86 bits per heavy atom. The van der Waals surface area contributed by atoms with E-state index in [-0.39, 0.29) is 0 Å². The van der Waals surface area contributed by atoms with Crippen LogP contribution in [0.2, 0.25) is 0 Å². The van der Waals surface area contributed by atoms with Crippen LogP contribution in [0, 0.1) is 5.41 Å². The molecule has 2 N–H and O–H groups in total. The van der Waals surface area contributed by atoms with Crippen molar-refractivity contribution in [1.82, 2.24) is 5.32 Å². The lowest BCUT2D eigenvalue weighted by Gasteiger charge is -2.13. The predicted octanol–water partition coefficient (Wildman–Crippen LogP) is 0.991. The molecule has 0 amide bonds. The molecule has 1 rings (SSSR count). The Morgan fingerprint density at radius 2 is 2.36 bits per heavy atom. The van der Waals surface area contributed by atoms with Crippen LogP contribution in [0.5, 0.6) is 0 Å². The van der Waals surface area contributed by atoms with E-state index in [0.29, 0.717) is 5.41 Å². The minimum Gasteiger partial charge on any atom is -0.478 e. The standard InChI is InChI=1S/C10H17NO3/c1-14-7-5-10(3-4-10)8-11-6-2-9(12)13/h2,6,11H,3-5,7-8H2,1H3,(H,12,13)/b6-2+. The van der Waals surface area contributed by atoms with Crippen molar-refractivity contribution in [3.63, 3.8) is 0 Å². The lowest BCUT2D eigenvalue weighted by Crippen LogP contribution is -2.20. The van der Waals surface area contributed by atoms with Crippen molar-refractivity contribution in [2.24, 2.45) is 5.41 Å². The molecule has 0 atom stereocenters. The van der Waals surface area contributed by atoms with Gasteiger partial charge < -0.3 is 15.2 Å². The van der Waals surface area contributed by atoms with Crippen molar-refractivity contribution in [2.75, 3.05) is 20.3 Å². The second kappa shape index (κ2) is 5.00. The van der Waals surface area contributed by atoms with E-state index in [4.69, 9.17) is 9.84 Å². The Morgan fingerprint density at radius 1 is 1.64 bits per heavy atom. The van der Waals surface area contributed by atoms with E-state index in [2.05, 4.69) is 5.32 Å².